The lowest BCUT2D eigenvalue weighted by Gasteiger charge is -2.24. The molecule has 2 rings (SSSR count). The zero-order valence-electron chi connectivity index (χ0n) is 11.0. The van der Waals surface area contributed by atoms with Crippen LogP contribution in [0.15, 0.2) is 54.6 Å². The summed E-state index contributed by atoms with van der Waals surface area (Å²) in [7, 11) is 2.25. The molecule has 0 aliphatic carbocycles. The quantitative estimate of drug-likeness (QED) is 0.836. The Balaban J connectivity index is 2.42. The Hall–Kier alpha value is -1.41. The van der Waals surface area contributed by atoms with E-state index in [2.05, 4.69) is 12.1 Å². The lowest BCUT2D eigenvalue weighted by molar-refractivity contribution is 0.334. The SMILES string of the molecule is COP(OC)C(c1ccccc1)c1ccc(O)cc1. The number of benzene rings is 2. The number of phenols is 1. The second-order valence-electron chi connectivity index (χ2n) is 4.06. The highest BCUT2D eigenvalue weighted by Crippen LogP contribution is 2.55. The van der Waals surface area contributed by atoms with E-state index in [0.29, 0.717) is 0 Å². The van der Waals surface area contributed by atoms with Gasteiger partial charge in [0.25, 0.3) is 0 Å². The summed E-state index contributed by atoms with van der Waals surface area (Å²) < 4.78 is 11.0. The van der Waals surface area contributed by atoms with Gasteiger partial charge in [0.15, 0.2) is 8.38 Å². The van der Waals surface area contributed by atoms with Crippen molar-refractivity contribution in [2.24, 2.45) is 0 Å². The van der Waals surface area contributed by atoms with Gasteiger partial charge in [-0.1, -0.05) is 42.5 Å². The molecule has 0 saturated carbocycles. The number of aromatic hydroxyl groups is 1. The number of hydrogen-bond acceptors (Lipinski definition) is 3. The van der Waals surface area contributed by atoms with E-state index in [0.717, 1.165) is 11.1 Å². The van der Waals surface area contributed by atoms with Crippen molar-refractivity contribution in [1.29, 1.82) is 0 Å². The first-order valence-electron chi connectivity index (χ1n) is 5.97. The Kier molecular flexibility index (Phi) is 4.92. The second-order valence-corrected chi connectivity index (χ2v) is 5.87. The third-order valence-corrected chi connectivity index (χ3v) is 4.63. The predicted octanol–water partition coefficient (Wildman–Crippen LogP) is 4.09. The van der Waals surface area contributed by atoms with Crippen LogP contribution in [0.2, 0.25) is 0 Å². The molecule has 19 heavy (non-hydrogen) atoms. The lowest BCUT2D eigenvalue weighted by atomic mass is 10.0. The zero-order chi connectivity index (χ0) is 13.7. The average molecular weight is 276 g/mol. The third kappa shape index (κ3) is 3.32. The van der Waals surface area contributed by atoms with Crippen LogP contribution in [-0.4, -0.2) is 19.3 Å². The molecule has 1 atom stereocenters. The highest BCUT2D eigenvalue weighted by atomic mass is 31.2. The molecule has 1 unspecified atom stereocenters. The Labute approximate surface area is 114 Å². The molecule has 0 bridgehead atoms. The minimum Gasteiger partial charge on any atom is -0.508 e. The fourth-order valence-corrected chi connectivity index (χ4v) is 3.42. The number of phenolic OH excluding ortho intramolecular Hbond substituents is 1. The van der Waals surface area contributed by atoms with Gasteiger partial charge in [0.05, 0.1) is 5.66 Å². The van der Waals surface area contributed by atoms with Crippen molar-refractivity contribution in [3.05, 3.63) is 65.7 Å². The molecule has 1 N–H and O–H groups in total. The van der Waals surface area contributed by atoms with Crippen molar-refractivity contribution in [3.8, 4) is 5.75 Å². The summed E-state index contributed by atoms with van der Waals surface area (Å²) in [6, 6.07) is 17.3. The molecule has 0 spiro atoms. The van der Waals surface area contributed by atoms with E-state index in [9.17, 15) is 5.11 Å². The number of rotatable bonds is 5. The van der Waals surface area contributed by atoms with Gasteiger partial charge in [-0.05, 0) is 23.3 Å². The van der Waals surface area contributed by atoms with E-state index < -0.39 is 8.38 Å². The van der Waals surface area contributed by atoms with Crippen LogP contribution in [0, 0.1) is 0 Å². The summed E-state index contributed by atoms with van der Waals surface area (Å²) in [5, 5.41) is 9.40. The minimum absolute atomic E-state index is 0.0341. The molecule has 0 aliphatic rings. The fraction of sp³-hybridized carbons (Fsp3) is 0.200. The van der Waals surface area contributed by atoms with Gasteiger partial charge in [-0.2, -0.15) is 0 Å². The van der Waals surface area contributed by atoms with Crippen molar-refractivity contribution < 1.29 is 14.2 Å². The molecule has 0 radical (unpaired) electrons. The zero-order valence-corrected chi connectivity index (χ0v) is 11.9. The monoisotopic (exact) mass is 276 g/mol. The van der Waals surface area contributed by atoms with Crippen LogP contribution in [0.3, 0.4) is 0 Å². The van der Waals surface area contributed by atoms with Crippen molar-refractivity contribution in [2.45, 2.75) is 5.66 Å². The Morgan fingerprint density at radius 2 is 1.37 bits per heavy atom. The summed E-state index contributed by atoms with van der Waals surface area (Å²) in [5.41, 5.74) is 2.24. The first-order valence-corrected chi connectivity index (χ1v) is 7.22. The van der Waals surface area contributed by atoms with Crippen LogP contribution < -0.4 is 0 Å². The Morgan fingerprint density at radius 3 is 1.89 bits per heavy atom. The Bertz CT molecular complexity index is 495. The van der Waals surface area contributed by atoms with Gasteiger partial charge in [-0.15, -0.1) is 0 Å². The molecule has 2 aromatic carbocycles. The van der Waals surface area contributed by atoms with Gasteiger partial charge in [-0.3, -0.25) is 0 Å². The molecule has 0 aliphatic heterocycles. The average Bonchev–Trinajstić information content (AvgIpc) is 2.47. The van der Waals surface area contributed by atoms with Gasteiger partial charge in [0.1, 0.15) is 5.75 Å². The van der Waals surface area contributed by atoms with Crippen molar-refractivity contribution in [2.75, 3.05) is 14.2 Å². The van der Waals surface area contributed by atoms with Crippen LogP contribution in [0.5, 0.6) is 5.75 Å². The summed E-state index contributed by atoms with van der Waals surface area (Å²) >= 11 is 0. The smallest absolute Gasteiger partial charge is 0.182 e. The molecule has 4 heteroatoms. The first kappa shape index (κ1) is 14.0. The largest absolute Gasteiger partial charge is 0.508 e. The van der Waals surface area contributed by atoms with Gasteiger partial charge in [-0.25, -0.2) is 0 Å². The van der Waals surface area contributed by atoms with Crippen LogP contribution in [0.25, 0.3) is 0 Å². The van der Waals surface area contributed by atoms with Crippen LogP contribution in [-0.2, 0) is 9.05 Å². The van der Waals surface area contributed by atoms with E-state index in [1.807, 2.05) is 30.3 Å². The van der Waals surface area contributed by atoms with Crippen LogP contribution in [0.1, 0.15) is 16.8 Å². The summed E-state index contributed by atoms with van der Waals surface area (Å²) in [4.78, 5) is 0. The van der Waals surface area contributed by atoms with Crippen molar-refractivity contribution in [3.63, 3.8) is 0 Å². The van der Waals surface area contributed by atoms with Crippen LogP contribution in [0.4, 0.5) is 0 Å². The first-order chi connectivity index (χ1) is 9.26. The topological polar surface area (TPSA) is 38.7 Å². The van der Waals surface area contributed by atoms with E-state index in [-0.39, 0.29) is 11.4 Å². The van der Waals surface area contributed by atoms with E-state index in [4.69, 9.17) is 9.05 Å². The molecular weight excluding hydrogens is 259 g/mol. The lowest BCUT2D eigenvalue weighted by Crippen LogP contribution is -2.01. The summed E-state index contributed by atoms with van der Waals surface area (Å²) in [5.74, 6) is 0.259. The molecule has 100 valence electrons. The standard InChI is InChI=1S/C15H17O3P/c1-17-19(18-2)15(12-6-4-3-5-7-12)13-8-10-14(16)11-9-13/h3-11,15-16H,1-2H3. The molecular formula is C15H17O3P. The summed E-state index contributed by atoms with van der Waals surface area (Å²) in [6.07, 6.45) is 0. The fourth-order valence-electron chi connectivity index (χ4n) is 2.01. The second kappa shape index (κ2) is 6.67. The maximum Gasteiger partial charge on any atom is 0.182 e. The number of hydrogen-bond donors (Lipinski definition) is 1. The normalized spacial score (nSPS) is 12.6. The van der Waals surface area contributed by atoms with Gasteiger partial charge < -0.3 is 14.2 Å². The maximum absolute atomic E-state index is 9.40. The highest BCUT2D eigenvalue weighted by Gasteiger charge is 2.25. The molecule has 0 aromatic heterocycles. The van der Waals surface area contributed by atoms with Gasteiger partial charge in [0.2, 0.25) is 0 Å². The maximum atomic E-state index is 9.40. The minimum atomic E-state index is -1.06. The van der Waals surface area contributed by atoms with E-state index in [1.165, 1.54) is 0 Å². The predicted molar refractivity (Wildman–Crippen MR) is 77.3 cm³/mol. The highest BCUT2D eigenvalue weighted by molar-refractivity contribution is 7.48. The Morgan fingerprint density at radius 1 is 0.842 bits per heavy atom. The summed E-state index contributed by atoms with van der Waals surface area (Å²) in [6.45, 7) is 0. The van der Waals surface area contributed by atoms with Crippen molar-refractivity contribution in [1.82, 2.24) is 0 Å². The molecule has 0 fully saturated rings. The van der Waals surface area contributed by atoms with E-state index >= 15 is 0 Å². The van der Waals surface area contributed by atoms with Gasteiger partial charge >= 0.3 is 0 Å². The van der Waals surface area contributed by atoms with E-state index in [1.54, 1.807) is 26.4 Å². The third-order valence-electron chi connectivity index (χ3n) is 2.89. The molecule has 0 heterocycles. The molecule has 3 nitrogen and oxygen atoms in total. The van der Waals surface area contributed by atoms with Gasteiger partial charge in [0, 0.05) is 14.2 Å². The molecule has 0 amide bonds. The van der Waals surface area contributed by atoms with Crippen LogP contribution >= 0.6 is 8.38 Å². The molecule has 2 aromatic rings. The molecule has 0 saturated heterocycles. The van der Waals surface area contributed by atoms with Crippen molar-refractivity contribution >= 4 is 8.38 Å².